The van der Waals surface area contributed by atoms with Gasteiger partial charge in [0, 0.05) is 17.3 Å². The lowest BCUT2D eigenvalue weighted by atomic mass is 10.3. The molecule has 68 valence electrons. The number of fused-ring (bicyclic) bond motifs is 1. The number of thiophene rings is 1. The minimum Gasteiger partial charge on any atom is -0.299 e. The van der Waals surface area contributed by atoms with E-state index in [4.69, 9.17) is 0 Å². The lowest BCUT2D eigenvalue weighted by Crippen LogP contribution is -2.19. The van der Waals surface area contributed by atoms with Gasteiger partial charge in [0.2, 0.25) is 0 Å². The first-order valence-electron chi connectivity index (χ1n) is 4.02. The van der Waals surface area contributed by atoms with Gasteiger partial charge >= 0.3 is 0 Å². The molecule has 2 rings (SSSR count). The van der Waals surface area contributed by atoms with Gasteiger partial charge in [-0.15, -0.1) is 11.3 Å². The van der Waals surface area contributed by atoms with Crippen molar-refractivity contribution in [2.24, 2.45) is 7.05 Å². The summed E-state index contributed by atoms with van der Waals surface area (Å²) < 4.78 is 1.58. The second-order valence-corrected chi connectivity index (χ2v) is 4.16. The molecule has 0 saturated carbocycles. The fourth-order valence-corrected chi connectivity index (χ4v) is 2.08. The first kappa shape index (κ1) is 8.44. The van der Waals surface area contributed by atoms with E-state index in [1.807, 2.05) is 19.2 Å². The summed E-state index contributed by atoms with van der Waals surface area (Å²) in [5, 5.41) is 2.61. The van der Waals surface area contributed by atoms with Crippen molar-refractivity contribution in [3.05, 3.63) is 26.4 Å². The highest BCUT2D eigenvalue weighted by Gasteiger charge is 2.08. The molecule has 0 aliphatic heterocycles. The van der Waals surface area contributed by atoms with Crippen LogP contribution in [0.1, 0.15) is 10.7 Å². The van der Waals surface area contributed by atoms with Crippen LogP contribution < -0.4 is 5.56 Å². The minimum atomic E-state index is 0.0480. The second kappa shape index (κ2) is 2.67. The van der Waals surface area contributed by atoms with Crippen molar-refractivity contribution in [3.63, 3.8) is 0 Å². The van der Waals surface area contributed by atoms with Crippen LogP contribution in [0.4, 0.5) is 0 Å². The van der Waals surface area contributed by atoms with Crippen LogP contribution in [0.2, 0.25) is 0 Å². The highest BCUT2D eigenvalue weighted by Crippen LogP contribution is 2.19. The highest BCUT2D eigenvalue weighted by molar-refractivity contribution is 7.11. The van der Waals surface area contributed by atoms with Gasteiger partial charge in [0.05, 0.1) is 10.9 Å². The van der Waals surface area contributed by atoms with E-state index in [0.29, 0.717) is 0 Å². The van der Waals surface area contributed by atoms with Gasteiger partial charge in [-0.05, 0) is 13.8 Å². The summed E-state index contributed by atoms with van der Waals surface area (Å²) in [5.41, 5.74) is 0.900. The summed E-state index contributed by atoms with van der Waals surface area (Å²) in [6.45, 7) is 3.83. The van der Waals surface area contributed by atoms with Gasteiger partial charge < -0.3 is 0 Å². The number of nitrogens with zero attached hydrogens (tertiary/aromatic N) is 2. The van der Waals surface area contributed by atoms with Crippen molar-refractivity contribution in [2.75, 3.05) is 0 Å². The average molecular weight is 194 g/mol. The van der Waals surface area contributed by atoms with Crippen LogP contribution >= 0.6 is 11.3 Å². The van der Waals surface area contributed by atoms with E-state index >= 15 is 0 Å². The average Bonchev–Trinajstić information content (AvgIpc) is 2.45. The molecule has 0 aliphatic rings. The first-order chi connectivity index (χ1) is 6.11. The number of aryl methyl sites for hydroxylation is 2. The van der Waals surface area contributed by atoms with E-state index in [1.165, 1.54) is 0 Å². The third-order valence-electron chi connectivity index (χ3n) is 2.24. The predicted octanol–water partition coefficient (Wildman–Crippen LogP) is 1.61. The van der Waals surface area contributed by atoms with Crippen molar-refractivity contribution >= 4 is 22.2 Å². The lowest BCUT2D eigenvalue weighted by molar-refractivity contribution is 0.793. The topological polar surface area (TPSA) is 34.9 Å². The van der Waals surface area contributed by atoms with Crippen LogP contribution in [0.25, 0.3) is 10.9 Å². The Bertz CT molecular complexity index is 524. The lowest BCUT2D eigenvalue weighted by Gasteiger charge is -2.01. The van der Waals surface area contributed by atoms with Crippen molar-refractivity contribution in [1.29, 1.82) is 0 Å². The van der Waals surface area contributed by atoms with E-state index in [9.17, 15) is 4.79 Å². The van der Waals surface area contributed by atoms with Crippen molar-refractivity contribution in [3.8, 4) is 0 Å². The largest absolute Gasteiger partial charge is 0.299 e. The number of rotatable bonds is 0. The van der Waals surface area contributed by atoms with E-state index in [2.05, 4.69) is 4.98 Å². The summed E-state index contributed by atoms with van der Waals surface area (Å²) in [7, 11) is 1.75. The van der Waals surface area contributed by atoms with Gasteiger partial charge in [0.1, 0.15) is 5.82 Å². The Morgan fingerprint density at radius 3 is 2.85 bits per heavy atom. The molecule has 0 fully saturated rings. The molecule has 0 radical (unpaired) electrons. The molecule has 0 bridgehead atoms. The van der Waals surface area contributed by atoms with Crippen molar-refractivity contribution in [2.45, 2.75) is 13.8 Å². The van der Waals surface area contributed by atoms with E-state index in [-0.39, 0.29) is 5.56 Å². The minimum absolute atomic E-state index is 0.0480. The maximum absolute atomic E-state index is 11.7. The monoisotopic (exact) mass is 194 g/mol. The van der Waals surface area contributed by atoms with E-state index in [1.54, 1.807) is 23.0 Å². The predicted molar refractivity (Wildman–Crippen MR) is 54.3 cm³/mol. The Hall–Kier alpha value is -1.16. The molecule has 13 heavy (non-hydrogen) atoms. The van der Waals surface area contributed by atoms with E-state index in [0.717, 1.165) is 21.6 Å². The standard InChI is InChI=1S/C9H10N2OS/c1-5-8-7(4-13-5)9(12)11(3)6(2)10-8/h4H,1-3H3. The molecular weight excluding hydrogens is 184 g/mol. The molecule has 0 amide bonds. The summed E-state index contributed by atoms with van der Waals surface area (Å²) in [5.74, 6) is 0.763. The number of hydrogen-bond acceptors (Lipinski definition) is 3. The SMILES string of the molecule is Cc1scc2c(=O)n(C)c(C)nc12. The van der Waals surface area contributed by atoms with Crippen molar-refractivity contribution < 1.29 is 0 Å². The Balaban J connectivity index is 3.05. The molecular formula is C9H10N2OS. The van der Waals surface area contributed by atoms with Crippen LogP contribution in [0.15, 0.2) is 10.2 Å². The molecule has 0 aliphatic carbocycles. The van der Waals surface area contributed by atoms with Gasteiger partial charge in [-0.2, -0.15) is 0 Å². The first-order valence-corrected chi connectivity index (χ1v) is 4.90. The maximum atomic E-state index is 11.7. The van der Waals surface area contributed by atoms with Crippen LogP contribution in [0, 0.1) is 13.8 Å². The summed E-state index contributed by atoms with van der Waals surface area (Å²) in [6.07, 6.45) is 0. The maximum Gasteiger partial charge on any atom is 0.261 e. The number of aromatic nitrogens is 2. The Kier molecular flexibility index (Phi) is 1.73. The summed E-state index contributed by atoms with van der Waals surface area (Å²) in [4.78, 5) is 17.2. The smallest absolute Gasteiger partial charge is 0.261 e. The molecule has 3 nitrogen and oxygen atoms in total. The zero-order valence-electron chi connectivity index (χ0n) is 7.79. The van der Waals surface area contributed by atoms with Gasteiger partial charge in [-0.25, -0.2) is 4.98 Å². The molecule has 0 N–H and O–H groups in total. The molecule has 2 aromatic rings. The molecule has 0 spiro atoms. The third-order valence-corrected chi connectivity index (χ3v) is 3.14. The fraction of sp³-hybridized carbons (Fsp3) is 0.333. The molecule has 2 aromatic heterocycles. The molecule has 0 unspecified atom stereocenters. The zero-order chi connectivity index (χ0) is 9.59. The highest BCUT2D eigenvalue weighted by atomic mass is 32.1. The fourth-order valence-electron chi connectivity index (χ4n) is 1.30. The van der Waals surface area contributed by atoms with Gasteiger partial charge in [-0.3, -0.25) is 9.36 Å². The Morgan fingerprint density at radius 1 is 1.46 bits per heavy atom. The second-order valence-electron chi connectivity index (χ2n) is 3.08. The molecule has 0 atom stereocenters. The third kappa shape index (κ3) is 1.09. The number of hydrogen-bond donors (Lipinski definition) is 0. The van der Waals surface area contributed by atoms with Crippen molar-refractivity contribution in [1.82, 2.24) is 9.55 Å². The molecule has 4 heteroatoms. The van der Waals surface area contributed by atoms with Gasteiger partial charge in [0.25, 0.3) is 5.56 Å². The van der Waals surface area contributed by atoms with Crippen LogP contribution in [0.5, 0.6) is 0 Å². The zero-order valence-corrected chi connectivity index (χ0v) is 8.60. The van der Waals surface area contributed by atoms with E-state index < -0.39 is 0 Å². The molecule has 2 heterocycles. The summed E-state index contributed by atoms with van der Waals surface area (Å²) in [6, 6.07) is 0. The Labute approximate surface area is 79.7 Å². The van der Waals surface area contributed by atoms with Gasteiger partial charge in [-0.1, -0.05) is 0 Å². The molecule has 0 aromatic carbocycles. The van der Waals surface area contributed by atoms with Crippen LogP contribution in [-0.4, -0.2) is 9.55 Å². The Morgan fingerprint density at radius 2 is 2.15 bits per heavy atom. The normalized spacial score (nSPS) is 11.0. The van der Waals surface area contributed by atoms with Crippen LogP contribution in [-0.2, 0) is 7.05 Å². The molecule has 0 saturated heterocycles. The van der Waals surface area contributed by atoms with Gasteiger partial charge in [0.15, 0.2) is 0 Å². The summed E-state index contributed by atoms with van der Waals surface area (Å²) >= 11 is 1.57. The van der Waals surface area contributed by atoms with Crippen LogP contribution in [0.3, 0.4) is 0 Å². The quantitative estimate of drug-likeness (QED) is 0.638.